The van der Waals surface area contributed by atoms with Gasteiger partial charge in [0.05, 0.1) is 6.10 Å². The van der Waals surface area contributed by atoms with Gasteiger partial charge < -0.3 is 20.3 Å². The molecule has 0 fully saturated rings. The molecule has 0 aliphatic heterocycles. The van der Waals surface area contributed by atoms with Crippen LogP contribution in [-0.4, -0.2) is 50.8 Å². The predicted octanol–water partition coefficient (Wildman–Crippen LogP) is 3.25. The molecule has 1 aromatic carbocycles. The van der Waals surface area contributed by atoms with E-state index in [-0.39, 0.29) is 6.10 Å². The smallest absolute Gasteiger partial charge is 0.191 e. The van der Waals surface area contributed by atoms with Crippen molar-refractivity contribution in [3.8, 4) is 0 Å². The molecule has 0 heterocycles. The van der Waals surface area contributed by atoms with E-state index >= 15 is 0 Å². The monoisotopic (exact) mass is 362 g/mol. The third kappa shape index (κ3) is 8.68. The Hall–Kier alpha value is -1.59. The maximum atomic E-state index is 5.80. The lowest BCUT2D eigenvalue weighted by Gasteiger charge is -2.21. The van der Waals surface area contributed by atoms with Crippen molar-refractivity contribution in [2.45, 2.75) is 53.3 Å². The zero-order valence-corrected chi connectivity index (χ0v) is 17.5. The summed E-state index contributed by atoms with van der Waals surface area (Å²) >= 11 is 0. The molecule has 0 radical (unpaired) electrons. The fourth-order valence-corrected chi connectivity index (χ4v) is 2.82. The number of guanidine groups is 1. The van der Waals surface area contributed by atoms with Crippen LogP contribution in [0.4, 0.5) is 0 Å². The summed E-state index contributed by atoms with van der Waals surface area (Å²) < 4.78 is 5.80. The molecule has 2 N–H and O–H groups in total. The molecule has 1 atom stereocenters. The van der Waals surface area contributed by atoms with Crippen molar-refractivity contribution in [1.29, 1.82) is 0 Å². The van der Waals surface area contributed by atoms with Crippen LogP contribution in [0.5, 0.6) is 0 Å². The molecular formula is C21H38N4O. The minimum atomic E-state index is 0.290. The Bertz CT molecular complexity index is 530. The molecule has 1 aromatic rings. The van der Waals surface area contributed by atoms with Gasteiger partial charge >= 0.3 is 0 Å². The Morgan fingerprint density at radius 2 is 1.92 bits per heavy atom. The Morgan fingerprint density at radius 3 is 2.54 bits per heavy atom. The Balaban J connectivity index is 2.45. The van der Waals surface area contributed by atoms with Crippen molar-refractivity contribution in [2.75, 3.05) is 33.8 Å². The van der Waals surface area contributed by atoms with Crippen LogP contribution in [0.15, 0.2) is 29.3 Å². The van der Waals surface area contributed by atoms with Gasteiger partial charge in [0, 0.05) is 33.3 Å². The maximum absolute atomic E-state index is 5.80. The lowest BCUT2D eigenvalue weighted by Crippen LogP contribution is -2.39. The third-order valence-electron chi connectivity index (χ3n) is 4.51. The Labute approximate surface area is 160 Å². The summed E-state index contributed by atoms with van der Waals surface area (Å²) in [6.45, 7) is 13.0. The molecule has 0 saturated carbocycles. The van der Waals surface area contributed by atoms with Crippen LogP contribution >= 0.6 is 0 Å². The van der Waals surface area contributed by atoms with E-state index in [1.165, 1.54) is 11.1 Å². The highest BCUT2D eigenvalue weighted by Gasteiger charge is 2.13. The Kier molecular flexibility index (Phi) is 11.0. The van der Waals surface area contributed by atoms with E-state index in [0.717, 1.165) is 45.2 Å². The number of nitrogens with zero attached hydrogens (tertiary/aromatic N) is 2. The van der Waals surface area contributed by atoms with Crippen molar-refractivity contribution in [2.24, 2.45) is 10.9 Å². The lowest BCUT2D eigenvalue weighted by atomic mass is 10.0. The van der Waals surface area contributed by atoms with Crippen molar-refractivity contribution >= 4 is 5.96 Å². The minimum absolute atomic E-state index is 0.290. The predicted molar refractivity (Wildman–Crippen MR) is 112 cm³/mol. The number of hydrogen-bond acceptors (Lipinski definition) is 3. The number of rotatable bonds is 11. The number of nitrogens with one attached hydrogen (secondary N) is 2. The van der Waals surface area contributed by atoms with Crippen LogP contribution in [0.2, 0.25) is 0 Å². The third-order valence-corrected chi connectivity index (χ3v) is 4.51. The summed E-state index contributed by atoms with van der Waals surface area (Å²) in [6.07, 6.45) is 1.27. The van der Waals surface area contributed by atoms with E-state index in [1.54, 1.807) is 0 Å². The van der Waals surface area contributed by atoms with E-state index in [2.05, 4.69) is 79.5 Å². The molecule has 26 heavy (non-hydrogen) atoms. The van der Waals surface area contributed by atoms with E-state index in [4.69, 9.17) is 4.74 Å². The first-order chi connectivity index (χ1) is 12.5. The molecule has 0 amide bonds. The van der Waals surface area contributed by atoms with E-state index in [0.29, 0.717) is 5.92 Å². The molecule has 0 aromatic heterocycles. The molecule has 5 heteroatoms. The highest BCUT2D eigenvalue weighted by atomic mass is 16.5. The van der Waals surface area contributed by atoms with Gasteiger partial charge in [0.2, 0.25) is 0 Å². The topological polar surface area (TPSA) is 48.9 Å². The van der Waals surface area contributed by atoms with Crippen molar-refractivity contribution < 1.29 is 4.74 Å². The summed E-state index contributed by atoms with van der Waals surface area (Å²) in [5.74, 6) is 1.36. The molecule has 0 aliphatic rings. The molecular weight excluding hydrogens is 324 g/mol. The Morgan fingerprint density at radius 1 is 1.19 bits per heavy atom. The fourth-order valence-electron chi connectivity index (χ4n) is 2.82. The summed E-state index contributed by atoms with van der Waals surface area (Å²) in [6, 6.07) is 8.72. The molecule has 148 valence electrons. The van der Waals surface area contributed by atoms with Gasteiger partial charge in [-0.05, 0) is 44.0 Å². The molecule has 0 bridgehead atoms. The van der Waals surface area contributed by atoms with Gasteiger partial charge in [-0.1, -0.05) is 45.0 Å². The number of ether oxygens (including phenoxy) is 1. The highest BCUT2D eigenvalue weighted by Crippen LogP contribution is 2.10. The highest BCUT2D eigenvalue weighted by molar-refractivity contribution is 5.79. The first kappa shape index (κ1) is 22.5. The van der Waals surface area contributed by atoms with Crippen LogP contribution in [0.25, 0.3) is 0 Å². The summed E-state index contributed by atoms with van der Waals surface area (Å²) in [5, 5.41) is 6.79. The molecule has 5 nitrogen and oxygen atoms in total. The molecule has 0 aliphatic carbocycles. The average Bonchev–Trinajstić information content (AvgIpc) is 2.63. The SMILES string of the molecule is CCOC(CCNC(=NC)NCc1cccc(CN(C)CC)c1)C(C)C. The van der Waals surface area contributed by atoms with Crippen molar-refractivity contribution in [1.82, 2.24) is 15.5 Å². The normalized spacial score (nSPS) is 13.3. The zero-order chi connectivity index (χ0) is 19.4. The van der Waals surface area contributed by atoms with E-state index < -0.39 is 0 Å². The second-order valence-electron chi connectivity index (χ2n) is 7.03. The minimum Gasteiger partial charge on any atom is -0.378 e. The van der Waals surface area contributed by atoms with Gasteiger partial charge in [-0.15, -0.1) is 0 Å². The largest absolute Gasteiger partial charge is 0.378 e. The molecule has 1 unspecified atom stereocenters. The van der Waals surface area contributed by atoms with Crippen molar-refractivity contribution in [3.63, 3.8) is 0 Å². The lowest BCUT2D eigenvalue weighted by molar-refractivity contribution is 0.0258. The van der Waals surface area contributed by atoms with Crippen LogP contribution in [-0.2, 0) is 17.8 Å². The second kappa shape index (κ2) is 12.7. The number of benzene rings is 1. The van der Waals surface area contributed by atoms with Gasteiger partial charge in [0.1, 0.15) is 0 Å². The molecule has 1 rings (SSSR count). The van der Waals surface area contributed by atoms with Crippen LogP contribution in [0.3, 0.4) is 0 Å². The first-order valence-corrected chi connectivity index (χ1v) is 9.82. The quantitative estimate of drug-likeness (QED) is 0.469. The van der Waals surface area contributed by atoms with Gasteiger partial charge in [-0.3, -0.25) is 4.99 Å². The van der Waals surface area contributed by atoms with Gasteiger partial charge in [-0.2, -0.15) is 0 Å². The second-order valence-corrected chi connectivity index (χ2v) is 7.03. The number of hydrogen-bond donors (Lipinski definition) is 2. The zero-order valence-electron chi connectivity index (χ0n) is 17.5. The fraction of sp³-hybridized carbons (Fsp3) is 0.667. The van der Waals surface area contributed by atoms with Crippen LogP contribution < -0.4 is 10.6 Å². The maximum Gasteiger partial charge on any atom is 0.191 e. The van der Waals surface area contributed by atoms with Crippen LogP contribution in [0.1, 0.15) is 45.2 Å². The molecule has 0 saturated heterocycles. The van der Waals surface area contributed by atoms with Crippen LogP contribution in [0, 0.1) is 5.92 Å². The van der Waals surface area contributed by atoms with Crippen molar-refractivity contribution in [3.05, 3.63) is 35.4 Å². The summed E-state index contributed by atoms with van der Waals surface area (Å²) in [5.41, 5.74) is 2.61. The average molecular weight is 363 g/mol. The first-order valence-electron chi connectivity index (χ1n) is 9.82. The summed E-state index contributed by atoms with van der Waals surface area (Å²) in [4.78, 5) is 6.62. The van der Waals surface area contributed by atoms with Gasteiger partial charge in [0.25, 0.3) is 0 Å². The van der Waals surface area contributed by atoms with E-state index in [1.807, 2.05) is 7.05 Å². The number of aliphatic imine (C=N–C) groups is 1. The molecule has 0 spiro atoms. The van der Waals surface area contributed by atoms with Gasteiger partial charge in [0.15, 0.2) is 5.96 Å². The van der Waals surface area contributed by atoms with E-state index in [9.17, 15) is 0 Å². The standard InChI is InChI=1S/C21H38N4O/c1-7-25(6)16-19-11-9-10-18(14-19)15-24-21(22-5)23-13-12-20(17(3)4)26-8-2/h9-11,14,17,20H,7-8,12-13,15-16H2,1-6H3,(H2,22,23,24). The van der Waals surface area contributed by atoms with Gasteiger partial charge in [-0.25, -0.2) is 0 Å². The summed E-state index contributed by atoms with van der Waals surface area (Å²) in [7, 11) is 3.95.